The highest BCUT2D eigenvalue weighted by Crippen LogP contribution is 2.28. The lowest BCUT2D eigenvalue weighted by Gasteiger charge is -2.33. The normalized spacial score (nSPS) is 23.4. The first-order valence-corrected chi connectivity index (χ1v) is 5.36. The van der Waals surface area contributed by atoms with E-state index in [1.165, 1.54) is 26.1 Å². The van der Waals surface area contributed by atoms with E-state index in [1.807, 2.05) is 0 Å². The largest absolute Gasteiger partial charge is 0.464 e. The number of hydrogen-bond acceptors (Lipinski definition) is 5. The fourth-order valence-electron chi connectivity index (χ4n) is 1.84. The van der Waals surface area contributed by atoms with Crippen LogP contribution >= 0.6 is 0 Å². The lowest BCUT2D eigenvalue weighted by Crippen LogP contribution is -2.34. The summed E-state index contributed by atoms with van der Waals surface area (Å²) in [6.07, 6.45) is 5.33. The molecule has 0 spiro atoms. The maximum atomic E-state index is 11.1. The predicted molar refractivity (Wildman–Crippen MR) is 59.2 cm³/mol. The molecule has 0 bridgehead atoms. The molecule has 1 aromatic rings. The van der Waals surface area contributed by atoms with Gasteiger partial charge in [-0.1, -0.05) is 6.92 Å². The lowest BCUT2D eigenvalue weighted by atomic mass is 9.82. The summed E-state index contributed by atoms with van der Waals surface area (Å²) < 4.78 is 4.54. The van der Waals surface area contributed by atoms with Crippen LogP contribution in [-0.4, -0.2) is 29.1 Å². The maximum Gasteiger partial charge on any atom is 0.358 e. The molecule has 0 unspecified atom stereocenters. The minimum Gasteiger partial charge on any atom is -0.464 e. The number of carbonyl (C=O) groups excluding carboxylic acids is 1. The Labute approximate surface area is 94.2 Å². The van der Waals surface area contributed by atoms with E-state index < -0.39 is 5.97 Å². The number of nitrogens with zero attached hydrogens (tertiary/aromatic N) is 2. The van der Waals surface area contributed by atoms with Gasteiger partial charge in [-0.2, -0.15) is 0 Å². The summed E-state index contributed by atoms with van der Waals surface area (Å²) in [5.41, 5.74) is 0.232. The van der Waals surface area contributed by atoms with E-state index in [1.54, 1.807) is 6.20 Å². The van der Waals surface area contributed by atoms with Gasteiger partial charge in [0.25, 0.3) is 0 Å². The second kappa shape index (κ2) is 4.47. The molecule has 1 N–H and O–H groups in total. The highest BCUT2D eigenvalue weighted by atomic mass is 16.5. The Morgan fingerprint density at radius 1 is 1.44 bits per heavy atom. The summed E-state index contributed by atoms with van der Waals surface area (Å²) in [6, 6.07) is 0.494. The summed E-state index contributed by atoms with van der Waals surface area (Å²) in [4.78, 5) is 19.2. The molecule has 0 saturated heterocycles. The Kier molecular flexibility index (Phi) is 3.03. The molecule has 5 nitrogen and oxygen atoms in total. The molecule has 5 heteroatoms. The fourth-order valence-corrected chi connectivity index (χ4v) is 1.84. The van der Waals surface area contributed by atoms with Gasteiger partial charge in [-0.15, -0.1) is 0 Å². The van der Waals surface area contributed by atoms with Crippen LogP contribution in [0, 0.1) is 5.92 Å². The van der Waals surface area contributed by atoms with Crippen molar-refractivity contribution in [3.63, 3.8) is 0 Å². The van der Waals surface area contributed by atoms with Crippen molar-refractivity contribution in [1.29, 1.82) is 0 Å². The summed E-state index contributed by atoms with van der Waals surface area (Å²) in [5.74, 6) is 1.04. The zero-order valence-corrected chi connectivity index (χ0v) is 9.43. The fraction of sp³-hybridized carbons (Fsp3) is 0.545. The topological polar surface area (TPSA) is 64.1 Å². The van der Waals surface area contributed by atoms with E-state index >= 15 is 0 Å². The minimum absolute atomic E-state index is 0.232. The van der Waals surface area contributed by atoms with Crippen molar-refractivity contribution >= 4 is 11.8 Å². The monoisotopic (exact) mass is 221 g/mol. The average Bonchev–Trinajstić information content (AvgIpc) is 2.27. The summed E-state index contributed by atoms with van der Waals surface area (Å²) >= 11 is 0. The molecular formula is C11H15N3O2. The molecule has 86 valence electrons. The SMILES string of the molecule is COC(=O)c1cnc(NC2CC(C)C2)cn1. The second-order valence-corrected chi connectivity index (χ2v) is 4.20. The Hall–Kier alpha value is -1.65. The smallest absolute Gasteiger partial charge is 0.358 e. The van der Waals surface area contributed by atoms with Gasteiger partial charge >= 0.3 is 5.97 Å². The van der Waals surface area contributed by atoms with Crippen molar-refractivity contribution in [2.75, 3.05) is 12.4 Å². The highest BCUT2D eigenvalue weighted by molar-refractivity contribution is 5.86. The van der Waals surface area contributed by atoms with E-state index in [0.717, 1.165) is 5.92 Å². The third-order valence-electron chi connectivity index (χ3n) is 2.77. The van der Waals surface area contributed by atoms with Crippen LogP contribution in [0.25, 0.3) is 0 Å². The van der Waals surface area contributed by atoms with E-state index in [-0.39, 0.29) is 5.69 Å². The van der Waals surface area contributed by atoms with Crippen molar-refractivity contribution in [3.05, 3.63) is 18.1 Å². The van der Waals surface area contributed by atoms with Crippen LogP contribution in [0.5, 0.6) is 0 Å². The van der Waals surface area contributed by atoms with Gasteiger partial charge in [-0.3, -0.25) is 0 Å². The molecule has 1 aliphatic carbocycles. The molecule has 1 aromatic heterocycles. The number of anilines is 1. The summed E-state index contributed by atoms with van der Waals surface area (Å²) in [6.45, 7) is 2.23. The van der Waals surface area contributed by atoms with Crippen LogP contribution < -0.4 is 5.32 Å². The standard InChI is InChI=1S/C11H15N3O2/c1-7-3-8(4-7)14-10-6-12-9(5-13-10)11(15)16-2/h5-8H,3-4H2,1-2H3,(H,13,14). The van der Waals surface area contributed by atoms with Crippen LogP contribution in [0.4, 0.5) is 5.82 Å². The third-order valence-corrected chi connectivity index (χ3v) is 2.77. The van der Waals surface area contributed by atoms with Crippen LogP contribution in [0.3, 0.4) is 0 Å². The van der Waals surface area contributed by atoms with Gasteiger partial charge in [0.05, 0.1) is 19.5 Å². The Bertz CT molecular complexity index is 371. The van der Waals surface area contributed by atoms with Gasteiger partial charge in [0, 0.05) is 6.04 Å². The summed E-state index contributed by atoms with van der Waals surface area (Å²) in [5, 5.41) is 3.27. The number of carbonyl (C=O) groups is 1. The van der Waals surface area contributed by atoms with Crippen LogP contribution in [0.15, 0.2) is 12.4 Å². The van der Waals surface area contributed by atoms with Gasteiger partial charge < -0.3 is 10.1 Å². The molecule has 0 radical (unpaired) electrons. The number of hydrogen-bond donors (Lipinski definition) is 1. The number of rotatable bonds is 3. The second-order valence-electron chi connectivity index (χ2n) is 4.20. The molecule has 1 fully saturated rings. The van der Waals surface area contributed by atoms with Crippen LogP contribution in [-0.2, 0) is 4.74 Å². The molecule has 0 aromatic carbocycles. The van der Waals surface area contributed by atoms with Crippen molar-refractivity contribution in [2.45, 2.75) is 25.8 Å². The predicted octanol–water partition coefficient (Wildman–Crippen LogP) is 1.47. The third kappa shape index (κ3) is 2.29. The van der Waals surface area contributed by atoms with Gasteiger partial charge in [0.2, 0.25) is 0 Å². The lowest BCUT2D eigenvalue weighted by molar-refractivity contribution is 0.0593. The first-order chi connectivity index (χ1) is 7.69. The Balaban J connectivity index is 1.94. The number of methoxy groups -OCH3 is 1. The van der Waals surface area contributed by atoms with Crippen molar-refractivity contribution in [3.8, 4) is 0 Å². The van der Waals surface area contributed by atoms with Gasteiger partial charge in [-0.05, 0) is 18.8 Å². The van der Waals surface area contributed by atoms with Crippen molar-refractivity contribution < 1.29 is 9.53 Å². The van der Waals surface area contributed by atoms with E-state index in [4.69, 9.17) is 0 Å². The van der Waals surface area contributed by atoms with Gasteiger partial charge in [-0.25, -0.2) is 14.8 Å². The zero-order chi connectivity index (χ0) is 11.5. The van der Waals surface area contributed by atoms with Gasteiger partial charge in [0.15, 0.2) is 5.69 Å². The van der Waals surface area contributed by atoms with Crippen LogP contribution in [0.2, 0.25) is 0 Å². The molecule has 1 saturated carbocycles. The molecule has 1 heterocycles. The van der Waals surface area contributed by atoms with Crippen molar-refractivity contribution in [2.24, 2.45) is 5.92 Å². The first kappa shape index (κ1) is 10.9. The minimum atomic E-state index is -0.462. The molecule has 0 aliphatic heterocycles. The Morgan fingerprint density at radius 3 is 2.69 bits per heavy atom. The molecule has 0 atom stereocenters. The van der Waals surface area contributed by atoms with Gasteiger partial charge in [0.1, 0.15) is 5.82 Å². The van der Waals surface area contributed by atoms with Crippen LogP contribution in [0.1, 0.15) is 30.3 Å². The quantitative estimate of drug-likeness (QED) is 0.783. The summed E-state index contributed by atoms with van der Waals surface area (Å²) in [7, 11) is 1.33. The number of ether oxygens (including phenoxy) is 1. The van der Waals surface area contributed by atoms with E-state index in [2.05, 4.69) is 26.9 Å². The molecule has 0 amide bonds. The maximum absolute atomic E-state index is 11.1. The number of aromatic nitrogens is 2. The number of nitrogens with one attached hydrogen (secondary N) is 1. The molecule has 16 heavy (non-hydrogen) atoms. The van der Waals surface area contributed by atoms with E-state index in [0.29, 0.717) is 11.9 Å². The number of esters is 1. The molecule has 1 aliphatic rings. The first-order valence-electron chi connectivity index (χ1n) is 5.36. The Morgan fingerprint density at radius 2 is 2.19 bits per heavy atom. The zero-order valence-electron chi connectivity index (χ0n) is 9.43. The molecular weight excluding hydrogens is 206 g/mol. The van der Waals surface area contributed by atoms with Crippen molar-refractivity contribution in [1.82, 2.24) is 9.97 Å². The van der Waals surface area contributed by atoms with E-state index in [9.17, 15) is 4.79 Å². The molecule has 2 rings (SSSR count). The highest BCUT2D eigenvalue weighted by Gasteiger charge is 2.25. The average molecular weight is 221 g/mol.